The lowest BCUT2D eigenvalue weighted by Gasteiger charge is -2.35. The fourth-order valence-electron chi connectivity index (χ4n) is 3.99. The van der Waals surface area contributed by atoms with Crippen LogP contribution in [0, 0.1) is 0 Å². The van der Waals surface area contributed by atoms with Gasteiger partial charge in [-0.3, -0.25) is 9.59 Å². The average molecular weight is 467 g/mol. The molecule has 2 aliphatic rings. The second-order valence-electron chi connectivity index (χ2n) is 7.54. The van der Waals surface area contributed by atoms with Gasteiger partial charge in [0.1, 0.15) is 18.4 Å². The summed E-state index contributed by atoms with van der Waals surface area (Å²) in [4.78, 5) is 28.1. The first-order valence-electron chi connectivity index (χ1n) is 9.99. The number of aromatic nitrogens is 3. The molecule has 2 aromatic rings. The molecule has 0 radical (unpaired) electrons. The standard InChI is InChI=1S/C19H23ClN6O4S/c1-13(27)24-8-10-25(11-9-24)19(28)15-6-7-17-22-23-18(26(15)17)12-21-31(29,30)16-5-3-2-4-14(16)20/h2-5,15H,6-12H2,1H3,(H-,21,29,30). The molecule has 10 nitrogen and oxygen atoms in total. The third-order valence-electron chi connectivity index (χ3n) is 5.66. The van der Waals surface area contributed by atoms with Crippen molar-refractivity contribution in [2.75, 3.05) is 26.2 Å². The van der Waals surface area contributed by atoms with Crippen molar-refractivity contribution >= 4 is 33.8 Å². The normalized spacial score (nSPS) is 20.4. The van der Waals surface area contributed by atoms with Gasteiger partial charge in [0.2, 0.25) is 11.8 Å². The maximum Gasteiger partial charge on any atom is 0.245 e. The number of nitrogens with zero attached hydrogens (tertiary/aromatic N) is 5. The van der Waals surface area contributed by atoms with Gasteiger partial charge in [-0.2, -0.15) is 0 Å². The number of aryl methyl sites for hydroxylation is 1. The second kappa shape index (κ2) is 8.65. The van der Waals surface area contributed by atoms with Crippen LogP contribution in [0.2, 0.25) is 5.02 Å². The Bertz CT molecular complexity index is 1050. The van der Waals surface area contributed by atoms with Crippen molar-refractivity contribution in [3.63, 3.8) is 0 Å². The van der Waals surface area contributed by atoms with E-state index in [4.69, 9.17) is 11.6 Å². The summed E-state index contributed by atoms with van der Waals surface area (Å²) in [6.45, 7) is 3.37. The number of nitrogens with one attached hydrogen (secondary N) is 1. The van der Waals surface area contributed by atoms with Gasteiger partial charge in [0, 0.05) is 39.5 Å². The summed E-state index contributed by atoms with van der Waals surface area (Å²) < 4.78 is 29.5. The van der Waals surface area contributed by atoms with Gasteiger partial charge in [0.05, 0.1) is 5.02 Å². The number of fused-ring (bicyclic) bond motifs is 1. The van der Waals surface area contributed by atoms with E-state index < -0.39 is 16.4 Å². The third-order valence-corrected chi connectivity index (χ3v) is 7.56. The van der Waals surface area contributed by atoms with E-state index in [1.54, 1.807) is 26.5 Å². The van der Waals surface area contributed by atoms with Gasteiger partial charge in [-0.1, -0.05) is 27.9 Å². The van der Waals surface area contributed by atoms with Crippen LogP contribution in [0.1, 0.15) is 31.0 Å². The van der Waals surface area contributed by atoms with Gasteiger partial charge in [-0.25, -0.2) is 0 Å². The number of carbonyl (C=O) groups is 2. The van der Waals surface area contributed by atoms with Crippen molar-refractivity contribution in [2.24, 2.45) is 0 Å². The van der Waals surface area contributed by atoms with Gasteiger partial charge in [-0.05, 0) is 18.6 Å². The maximum atomic E-state index is 13.1. The van der Waals surface area contributed by atoms with Crippen LogP contribution in [-0.4, -0.2) is 67.1 Å². The largest absolute Gasteiger partial charge is 0.593 e. The molecule has 12 heteroatoms. The number of benzene rings is 1. The van der Waals surface area contributed by atoms with Gasteiger partial charge in [0.25, 0.3) is 0 Å². The Morgan fingerprint density at radius 1 is 1.19 bits per heavy atom. The monoisotopic (exact) mass is 466 g/mol. The number of amides is 2. The lowest BCUT2D eigenvalue weighted by atomic mass is 10.1. The quantitative estimate of drug-likeness (QED) is 0.650. The Labute approximate surface area is 185 Å². The predicted octanol–water partition coefficient (Wildman–Crippen LogP) is 0.803. The van der Waals surface area contributed by atoms with Crippen LogP contribution in [0.15, 0.2) is 29.2 Å². The van der Waals surface area contributed by atoms with Crippen LogP contribution in [0.3, 0.4) is 0 Å². The van der Waals surface area contributed by atoms with Crippen molar-refractivity contribution in [3.8, 4) is 0 Å². The molecular weight excluding hydrogens is 444 g/mol. The first-order valence-corrected chi connectivity index (χ1v) is 11.8. The van der Waals surface area contributed by atoms with Crippen LogP contribution in [0.5, 0.6) is 0 Å². The van der Waals surface area contributed by atoms with Gasteiger partial charge < -0.3 is 18.9 Å². The molecule has 0 saturated carbocycles. The smallest absolute Gasteiger partial charge is 0.245 e. The van der Waals surface area contributed by atoms with E-state index in [2.05, 4.69) is 14.9 Å². The van der Waals surface area contributed by atoms with Crippen molar-refractivity contribution in [3.05, 3.63) is 40.9 Å². The van der Waals surface area contributed by atoms with E-state index in [-0.39, 0.29) is 28.3 Å². The number of halogens is 1. The van der Waals surface area contributed by atoms with E-state index in [0.717, 1.165) is 0 Å². The molecule has 1 fully saturated rings. The zero-order valence-corrected chi connectivity index (χ0v) is 18.6. The lowest BCUT2D eigenvalue weighted by Crippen LogP contribution is -2.51. The number of sulfonamides is 1. The first kappa shape index (κ1) is 21.9. The highest BCUT2D eigenvalue weighted by Crippen LogP contribution is 2.29. The van der Waals surface area contributed by atoms with Gasteiger partial charge >= 0.3 is 0 Å². The zero-order valence-electron chi connectivity index (χ0n) is 17.0. The molecule has 2 unspecified atom stereocenters. The highest BCUT2D eigenvalue weighted by atomic mass is 35.5. The van der Waals surface area contributed by atoms with Crippen molar-refractivity contribution in [1.29, 1.82) is 0 Å². The SMILES string of the molecule is CC(=O)N1CCN(C(=O)C2CCc3nnc(CN[S+](=O)([O-])c4ccccc4Cl)n32)CC1. The molecule has 0 bridgehead atoms. The van der Waals surface area contributed by atoms with Crippen LogP contribution in [0.25, 0.3) is 0 Å². The number of hydrogen-bond donors (Lipinski definition) is 1. The molecule has 1 aromatic carbocycles. The summed E-state index contributed by atoms with van der Waals surface area (Å²) in [5.74, 6) is 0.982. The Morgan fingerprint density at radius 3 is 2.55 bits per heavy atom. The summed E-state index contributed by atoms with van der Waals surface area (Å²) in [5.41, 5.74) is 0. The minimum Gasteiger partial charge on any atom is -0.593 e. The molecule has 1 saturated heterocycles. The van der Waals surface area contributed by atoms with E-state index >= 15 is 0 Å². The molecular formula is C19H23ClN6O4S. The molecule has 2 atom stereocenters. The molecule has 31 heavy (non-hydrogen) atoms. The molecule has 166 valence electrons. The second-order valence-corrected chi connectivity index (χ2v) is 9.69. The molecule has 1 aromatic heterocycles. The minimum atomic E-state index is -3.85. The number of hydrogen-bond acceptors (Lipinski definition) is 6. The van der Waals surface area contributed by atoms with Gasteiger partial charge in [0.15, 0.2) is 21.1 Å². The summed E-state index contributed by atoms with van der Waals surface area (Å²) in [7, 11) is -3.85. The maximum absolute atomic E-state index is 13.1. The summed E-state index contributed by atoms with van der Waals surface area (Å²) in [6, 6.07) is 5.69. The fourth-order valence-corrected chi connectivity index (χ4v) is 5.49. The molecule has 1 N–H and O–H groups in total. The van der Waals surface area contributed by atoms with Crippen LogP contribution in [0.4, 0.5) is 0 Å². The minimum absolute atomic E-state index is 0.00199. The molecule has 0 aliphatic carbocycles. The zero-order chi connectivity index (χ0) is 22.2. The molecule has 3 heterocycles. The molecule has 2 aliphatic heterocycles. The van der Waals surface area contributed by atoms with E-state index in [1.807, 2.05) is 0 Å². The third kappa shape index (κ3) is 4.36. The molecule has 4 rings (SSSR count). The summed E-state index contributed by atoms with van der Waals surface area (Å²) in [5, 5.41) is 8.35. The highest BCUT2D eigenvalue weighted by Gasteiger charge is 2.36. The average Bonchev–Trinajstić information content (AvgIpc) is 3.34. The Kier molecular flexibility index (Phi) is 6.11. The summed E-state index contributed by atoms with van der Waals surface area (Å²) >= 11 is 6.02. The molecule has 0 spiro atoms. The Morgan fingerprint density at radius 2 is 1.87 bits per heavy atom. The van der Waals surface area contributed by atoms with Crippen molar-refractivity contribution < 1.29 is 18.4 Å². The van der Waals surface area contributed by atoms with Gasteiger partial charge in [-0.15, -0.1) is 14.9 Å². The Balaban J connectivity index is 1.47. The number of carbonyl (C=O) groups excluding carboxylic acids is 2. The van der Waals surface area contributed by atoms with E-state index in [9.17, 15) is 18.4 Å². The van der Waals surface area contributed by atoms with Crippen LogP contribution >= 0.6 is 11.6 Å². The van der Waals surface area contributed by atoms with E-state index in [0.29, 0.717) is 50.7 Å². The number of piperazine rings is 1. The van der Waals surface area contributed by atoms with Crippen LogP contribution < -0.4 is 4.72 Å². The predicted molar refractivity (Wildman–Crippen MR) is 112 cm³/mol. The Hall–Kier alpha value is -2.34. The number of rotatable bonds is 5. The topological polar surface area (TPSA) is 123 Å². The van der Waals surface area contributed by atoms with Crippen LogP contribution in [-0.2, 0) is 37.2 Å². The van der Waals surface area contributed by atoms with E-state index in [1.165, 1.54) is 19.1 Å². The van der Waals surface area contributed by atoms with Crippen molar-refractivity contribution in [1.82, 2.24) is 29.3 Å². The molecule has 2 amide bonds. The summed E-state index contributed by atoms with van der Waals surface area (Å²) in [6.07, 6.45) is 1.18. The lowest BCUT2D eigenvalue weighted by molar-refractivity contribution is -0.140. The highest BCUT2D eigenvalue weighted by molar-refractivity contribution is 7.95. The fraction of sp³-hybridized carbons (Fsp3) is 0.474. The first-order chi connectivity index (χ1) is 14.8. The van der Waals surface area contributed by atoms with Crippen molar-refractivity contribution in [2.45, 2.75) is 37.2 Å².